The molecule has 0 atom stereocenters. The summed E-state index contributed by atoms with van der Waals surface area (Å²) in [5, 5.41) is 17.7. The molecular formula is C15H13N5O2S. The third-order valence-electron chi connectivity index (χ3n) is 3.17. The van der Waals surface area contributed by atoms with Gasteiger partial charge >= 0.3 is 5.97 Å². The zero-order valence-electron chi connectivity index (χ0n) is 12.0. The molecule has 0 aliphatic heterocycles. The minimum absolute atomic E-state index is 0.265. The third kappa shape index (κ3) is 3.32. The van der Waals surface area contributed by atoms with E-state index in [0.29, 0.717) is 16.7 Å². The second-order valence-electron chi connectivity index (χ2n) is 4.70. The van der Waals surface area contributed by atoms with Crippen molar-refractivity contribution in [3.8, 4) is 11.4 Å². The predicted molar refractivity (Wildman–Crippen MR) is 86.4 cm³/mol. The molecule has 2 aromatic heterocycles. The van der Waals surface area contributed by atoms with Gasteiger partial charge in [0.2, 0.25) is 5.16 Å². The van der Waals surface area contributed by atoms with Crippen molar-refractivity contribution >= 4 is 17.7 Å². The van der Waals surface area contributed by atoms with Gasteiger partial charge in [-0.15, -0.1) is 10.2 Å². The van der Waals surface area contributed by atoms with Gasteiger partial charge in [0.1, 0.15) is 0 Å². The number of rotatable bonds is 5. The highest BCUT2D eigenvalue weighted by atomic mass is 32.2. The molecule has 2 heterocycles. The molecule has 0 amide bonds. The van der Waals surface area contributed by atoms with Gasteiger partial charge in [-0.2, -0.15) is 0 Å². The van der Waals surface area contributed by atoms with Crippen LogP contribution < -0.4 is 5.84 Å². The molecule has 8 heteroatoms. The lowest BCUT2D eigenvalue weighted by atomic mass is 10.1. The lowest BCUT2D eigenvalue weighted by Crippen LogP contribution is -2.11. The first-order valence-electron chi connectivity index (χ1n) is 6.71. The Morgan fingerprint density at radius 3 is 2.48 bits per heavy atom. The van der Waals surface area contributed by atoms with Crippen molar-refractivity contribution in [3.05, 3.63) is 59.9 Å². The summed E-state index contributed by atoms with van der Waals surface area (Å²) in [6.45, 7) is 0. The molecule has 1 aromatic carbocycles. The molecule has 3 aromatic rings. The van der Waals surface area contributed by atoms with Crippen LogP contribution in [0.4, 0.5) is 0 Å². The molecule has 0 aliphatic carbocycles. The van der Waals surface area contributed by atoms with Gasteiger partial charge in [-0.1, -0.05) is 23.9 Å². The first-order chi connectivity index (χ1) is 11.1. The Morgan fingerprint density at radius 1 is 1.13 bits per heavy atom. The van der Waals surface area contributed by atoms with Crippen molar-refractivity contribution in [3.63, 3.8) is 0 Å². The fourth-order valence-corrected chi connectivity index (χ4v) is 2.78. The number of thioether (sulfide) groups is 1. The summed E-state index contributed by atoms with van der Waals surface area (Å²) < 4.78 is 1.44. The fraction of sp³-hybridized carbons (Fsp3) is 0.0667. The van der Waals surface area contributed by atoms with Gasteiger partial charge in [0.25, 0.3) is 0 Å². The normalized spacial score (nSPS) is 10.6. The van der Waals surface area contributed by atoms with Gasteiger partial charge in [0, 0.05) is 23.7 Å². The molecule has 0 saturated carbocycles. The van der Waals surface area contributed by atoms with Crippen LogP contribution in [0.15, 0.2) is 53.9 Å². The van der Waals surface area contributed by atoms with Gasteiger partial charge in [0.15, 0.2) is 5.82 Å². The monoisotopic (exact) mass is 327 g/mol. The SMILES string of the molecule is Nn1c(SCc2ccc(C(=O)O)cc2)nnc1-c1ccncc1. The Bertz CT molecular complexity index is 818. The molecular weight excluding hydrogens is 314 g/mol. The summed E-state index contributed by atoms with van der Waals surface area (Å²) in [4.78, 5) is 14.8. The Morgan fingerprint density at radius 2 is 1.83 bits per heavy atom. The number of nitrogen functional groups attached to an aromatic ring is 1. The van der Waals surface area contributed by atoms with Crippen LogP contribution in [0.2, 0.25) is 0 Å². The molecule has 0 spiro atoms. The molecule has 3 rings (SSSR count). The predicted octanol–water partition coefficient (Wildman–Crippen LogP) is 2.04. The van der Waals surface area contributed by atoms with E-state index in [1.54, 1.807) is 36.7 Å². The number of aromatic carboxylic acids is 1. The van der Waals surface area contributed by atoms with Gasteiger partial charge in [0.05, 0.1) is 5.56 Å². The Kier molecular flexibility index (Phi) is 4.24. The molecule has 0 fully saturated rings. The summed E-state index contributed by atoms with van der Waals surface area (Å²) in [5.41, 5.74) is 2.09. The summed E-state index contributed by atoms with van der Waals surface area (Å²) in [7, 11) is 0. The number of pyridine rings is 1. The Labute approximate surface area is 136 Å². The number of nitrogens with zero attached hydrogens (tertiary/aromatic N) is 4. The van der Waals surface area contributed by atoms with E-state index in [0.717, 1.165) is 11.1 Å². The number of aromatic nitrogens is 4. The number of hydrogen-bond acceptors (Lipinski definition) is 6. The van der Waals surface area contributed by atoms with Crippen LogP contribution in [-0.4, -0.2) is 30.9 Å². The number of nitrogens with two attached hydrogens (primary N) is 1. The molecule has 0 unspecified atom stereocenters. The van der Waals surface area contributed by atoms with Crippen LogP contribution in [0.5, 0.6) is 0 Å². The van der Waals surface area contributed by atoms with E-state index in [2.05, 4.69) is 15.2 Å². The summed E-state index contributed by atoms with van der Waals surface area (Å²) >= 11 is 1.43. The van der Waals surface area contributed by atoms with Crippen LogP contribution in [-0.2, 0) is 5.75 Å². The maximum atomic E-state index is 10.8. The molecule has 0 aliphatic rings. The van der Waals surface area contributed by atoms with Crippen molar-refractivity contribution in [1.29, 1.82) is 0 Å². The zero-order valence-corrected chi connectivity index (χ0v) is 12.8. The quantitative estimate of drug-likeness (QED) is 0.545. The number of carboxylic acids is 1. The first-order valence-corrected chi connectivity index (χ1v) is 7.69. The highest BCUT2D eigenvalue weighted by Gasteiger charge is 2.12. The third-order valence-corrected chi connectivity index (χ3v) is 4.19. The van der Waals surface area contributed by atoms with E-state index in [1.165, 1.54) is 16.4 Å². The van der Waals surface area contributed by atoms with Crippen LogP contribution in [0.1, 0.15) is 15.9 Å². The van der Waals surface area contributed by atoms with Gasteiger partial charge in [-0.25, -0.2) is 9.47 Å². The van der Waals surface area contributed by atoms with E-state index >= 15 is 0 Å². The Hall–Kier alpha value is -2.87. The topological polar surface area (TPSA) is 107 Å². The van der Waals surface area contributed by atoms with Gasteiger partial charge in [-0.05, 0) is 29.8 Å². The average molecular weight is 327 g/mol. The van der Waals surface area contributed by atoms with Gasteiger partial charge < -0.3 is 10.9 Å². The average Bonchev–Trinajstić information content (AvgIpc) is 2.95. The molecule has 0 radical (unpaired) electrons. The summed E-state index contributed by atoms with van der Waals surface area (Å²) in [6.07, 6.45) is 3.33. The number of carbonyl (C=O) groups is 1. The molecule has 23 heavy (non-hydrogen) atoms. The zero-order chi connectivity index (χ0) is 16.2. The van der Waals surface area contributed by atoms with Crippen molar-refractivity contribution in [2.24, 2.45) is 0 Å². The molecule has 0 bridgehead atoms. The van der Waals surface area contributed by atoms with Crippen molar-refractivity contribution in [2.45, 2.75) is 10.9 Å². The standard InChI is InChI=1S/C15H13N5O2S/c16-20-13(11-5-7-17-8-6-11)18-19-15(20)23-9-10-1-3-12(4-2-10)14(21)22/h1-8H,9,16H2,(H,21,22). The molecule has 7 nitrogen and oxygen atoms in total. The molecule has 0 saturated heterocycles. The Balaban J connectivity index is 1.72. The first kappa shape index (κ1) is 15.0. The second kappa shape index (κ2) is 6.49. The molecule has 116 valence electrons. The minimum Gasteiger partial charge on any atom is -0.478 e. The van der Waals surface area contributed by atoms with Crippen LogP contribution in [0.25, 0.3) is 11.4 Å². The number of hydrogen-bond donors (Lipinski definition) is 2. The van der Waals surface area contributed by atoms with E-state index < -0.39 is 5.97 Å². The van der Waals surface area contributed by atoms with Crippen molar-refractivity contribution in [2.75, 3.05) is 5.84 Å². The minimum atomic E-state index is -0.937. The highest BCUT2D eigenvalue weighted by molar-refractivity contribution is 7.98. The van der Waals surface area contributed by atoms with Crippen molar-refractivity contribution < 1.29 is 9.90 Å². The highest BCUT2D eigenvalue weighted by Crippen LogP contribution is 2.24. The molecule has 3 N–H and O–H groups in total. The van der Waals surface area contributed by atoms with Gasteiger partial charge in [-0.3, -0.25) is 4.98 Å². The van der Waals surface area contributed by atoms with Crippen LogP contribution in [0, 0.1) is 0 Å². The van der Waals surface area contributed by atoms with Crippen LogP contribution in [0.3, 0.4) is 0 Å². The van der Waals surface area contributed by atoms with Crippen molar-refractivity contribution in [1.82, 2.24) is 19.9 Å². The number of benzene rings is 1. The summed E-state index contributed by atoms with van der Waals surface area (Å²) in [5.74, 6) is 6.28. The van der Waals surface area contributed by atoms with E-state index in [-0.39, 0.29) is 5.56 Å². The lowest BCUT2D eigenvalue weighted by molar-refractivity contribution is 0.0697. The van der Waals surface area contributed by atoms with E-state index in [4.69, 9.17) is 10.9 Å². The smallest absolute Gasteiger partial charge is 0.335 e. The maximum absolute atomic E-state index is 10.8. The largest absolute Gasteiger partial charge is 0.478 e. The summed E-state index contributed by atoms with van der Waals surface area (Å²) in [6, 6.07) is 10.3. The van der Waals surface area contributed by atoms with Crippen LogP contribution >= 0.6 is 11.8 Å². The van der Waals surface area contributed by atoms with E-state index in [9.17, 15) is 4.79 Å². The maximum Gasteiger partial charge on any atom is 0.335 e. The lowest BCUT2D eigenvalue weighted by Gasteiger charge is -2.04. The second-order valence-corrected chi connectivity index (χ2v) is 5.65. The van der Waals surface area contributed by atoms with E-state index in [1.807, 2.05) is 12.1 Å². The number of carboxylic acid groups (broad SMARTS) is 1. The fourth-order valence-electron chi connectivity index (χ4n) is 1.96.